The van der Waals surface area contributed by atoms with Gasteiger partial charge in [-0.3, -0.25) is 4.90 Å². The number of aryl methyl sites for hydroxylation is 2. The summed E-state index contributed by atoms with van der Waals surface area (Å²) in [5, 5.41) is 10.0. The van der Waals surface area contributed by atoms with Gasteiger partial charge >= 0.3 is 0 Å². The van der Waals surface area contributed by atoms with Crippen LogP contribution in [0, 0.1) is 13.8 Å². The van der Waals surface area contributed by atoms with Gasteiger partial charge in [-0.05, 0) is 37.6 Å². The van der Waals surface area contributed by atoms with Crippen molar-refractivity contribution < 1.29 is 9.52 Å². The van der Waals surface area contributed by atoms with Gasteiger partial charge in [-0.25, -0.2) is 4.98 Å². The van der Waals surface area contributed by atoms with E-state index in [4.69, 9.17) is 9.40 Å². The van der Waals surface area contributed by atoms with Crippen LogP contribution in [0.4, 0.5) is 5.69 Å². The molecule has 0 aliphatic carbocycles. The lowest BCUT2D eigenvalue weighted by Gasteiger charge is -2.35. The highest BCUT2D eigenvalue weighted by molar-refractivity contribution is 5.59. The van der Waals surface area contributed by atoms with Crippen LogP contribution in [0.3, 0.4) is 0 Å². The molecule has 0 bridgehead atoms. The zero-order valence-corrected chi connectivity index (χ0v) is 15.9. The number of hydrogen-bond donors (Lipinski definition) is 1. The van der Waals surface area contributed by atoms with Gasteiger partial charge in [-0.1, -0.05) is 29.8 Å². The molecule has 1 saturated heterocycles. The monoisotopic (exact) mass is 363 g/mol. The Morgan fingerprint density at radius 2 is 1.81 bits per heavy atom. The smallest absolute Gasteiger partial charge is 0.226 e. The van der Waals surface area contributed by atoms with E-state index in [1.165, 1.54) is 11.1 Å². The zero-order chi connectivity index (χ0) is 18.8. The highest BCUT2D eigenvalue weighted by Gasteiger charge is 2.20. The fraction of sp³-hybridized carbons (Fsp3) is 0.318. The fourth-order valence-electron chi connectivity index (χ4n) is 3.66. The molecule has 0 saturated carbocycles. The summed E-state index contributed by atoms with van der Waals surface area (Å²) in [7, 11) is 0. The van der Waals surface area contributed by atoms with Crippen LogP contribution in [0.2, 0.25) is 0 Å². The minimum atomic E-state index is 0.348. The maximum atomic E-state index is 10.0. The Kier molecular flexibility index (Phi) is 4.86. The third-order valence-corrected chi connectivity index (χ3v) is 5.14. The van der Waals surface area contributed by atoms with Gasteiger partial charge < -0.3 is 14.4 Å². The van der Waals surface area contributed by atoms with E-state index in [-0.39, 0.29) is 0 Å². The number of phenolic OH excluding ortho intramolecular Hbond substituents is 1. The zero-order valence-electron chi connectivity index (χ0n) is 15.9. The molecule has 2 heterocycles. The van der Waals surface area contributed by atoms with Crippen molar-refractivity contribution >= 4 is 5.69 Å². The quantitative estimate of drug-likeness (QED) is 0.760. The largest absolute Gasteiger partial charge is 0.506 e. The second kappa shape index (κ2) is 7.45. The predicted molar refractivity (Wildman–Crippen MR) is 107 cm³/mol. The van der Waals surface area contributed by atoms with Crippen LogP contribution in [0.1, 0.15) is 16.8 Å². The number of para-hydroxylation sites is 2. The van der Waals surface area contributed by atoms with Crippen LogP contribution in [-0.2, 0) is 6.54 Å². The highest BCUT2D eigenvalue weighted by atomic mass is 16.3. The van der Waals surface area contributed by atoms with E-state index in [2.05, 4.69) is 41.8 Å². The summed E-state index contributed by atoms with van der Waals surface area (Å²) in [5.74, 6) is 1.04. The lowest BCUT2D eigenvalue weighted by atomic mass is 10.1. The number of rotatable bonds is 4. The van der Waals surface area contributed by atoms with Gasteiger partial charge in [0.25, 0.3) is 0 Å². The minimum Gasteiger partial charge on any atom is -0.506 e. The second-order valence-electron chi connectivity index (χ2n) is 7.21. The Morgan fingerprint density at radius 1 is 1.04 bits per heavy atom. The molecule has 4 rings (SSSR count). The number of benzene rings is 2. The van der Waals surface area contributed by atoms with Gasteiger partial charge in [0.05, 0.1) is 11.4 Å². The fourth-order valence-corrected chi connectivity index (χ4v) is 3.66. The van der Waals surface area contributed by atoms with Crippen LogP contribution < -0.4 is 4.90 Å². The standard InChI is InChI=1S/C22H25N3O2/c1-16-7-8-19(17(2)13-16)22-23-18(15-27-22)14-24-9-11-25(12-10-24)20-5-3-4-6-21(20)26/h3-8,13,15,26H,9-12,14H2,1-2H3. The molecule has 1 fully saturated rings. The highest BCUT2D eigenvalue weighted by Crippen LogP contribution is 2.28. The first-order chi connectivity index (χ1) is 13.1. The van der Waals surface area contributed by atoms with E-state index >= 15 is 0 Å². The number of nitrogens with zero attached hydrogens (tertiary/aromatic N) is 3. The minimum absolute atomic E-state index is 0.348. The van der Waals surface area contributed by atoms with Gasteiger partial charge in [0, 0.05) is 38.3 Å². The molecule has 1 aromatic heterocycles. The average Bonchev–Trinajstić information content (AvgIpc) is 3.11. The van der Waals surface area contributed by atoms with E-state index in [0.29, 0.717) is 11.6 Å². The van der Waals surface area contributed by atoms with Crippen molar-refractivity contribution in [3.63, 3.8) is 0 Å². The summed E-state index contributed by atoms with van der Waals surface area (Å²) in [6.45, 7) is 8.60. The molecule has 140 valence electrons. The first-order valence-electron chi connectivity index (χ1n) is 9.37. The number of aromatic nitrogens is 1. The Labute approximate surface area is 159 Å². The van der Waals surface area contributed by atoms with Crippen LogP contribution in [0.25, 0.3) is 11.5 Å². The number of hydrogen-bond acceptors (Lipinski definition) is 5. The number of piperazine rings is 1. The first-order valence-corrected chi connectivity index (χ1v) is 9.37. The Balaban J connectivity index is 1.39. The van der Waals surface area contributed by atoms with Crippen molar-refractivity contribution in [2.75, 3.05) is 31.1 Å². The van der Waals surface area contributed by atoms with Gasteiger partial charge in [0.15, 0.2) is 0 Å². The normalized spacial score (nSPS) is 15.3. The van der Waals surface area contributed by atoms with Gasteiger partial charge in [-0.2, -0.15) is 0 Å². The molecule has 1 aliphatic rings. The molecule has 5 nitrogen and oxygen atoms in total. The summed E-state index contributed by atoms with van der Waals surface area (Å²) < 4.78 is 5.74. The molecule has 5 heteroatoms. The van der Waals surface area contributed by atoms with Crippen LogP contribution in [0.5, 0.6) is 5.75 Å². The molecular weight excluding hydrogens is 338 g/mol. The molecule has 0 amide bonds. The van der Waals surface area contributed by atoms with Crippen LogP contribution in [0.15, 0.2) is 53.1 Å². The SMILES string of the molecule is Cc1ccc(-c2nc(CN3CCN(c4ccccc4O)CC3)co2)c(C)c1. The predicted octanol–water partition coefficient (Wildman–Crippen LogP) is 3.99. The molecule has 27 heavy (non-hydrogen) atoms. The molecule has 0 radical (unpaired) electrons. The molecular formula is C22H25N3O2. The van der Waals surface area contributed by atoms with Gasteiger partial charge in [0.2, 0.25) is 5.89 Å². The van der Waals surface area contributed by atoms with Crippen molar-refractivity contribution in [3.05, 3.63) is 65.5 Å². The summed E-state index contributed by atoms with van der Waals surface area (Å²) in [6, 6.07) is 13.8. The van der Waals surface area contributed by atoms with E-state index in [0.717, 1.165) is 49.7 Å². The van der Waals surface area contributed by atoms with Gasteiger partial charge in [0.1, 0.15) is 12.0 Å². The molecule has 3 aromatic rings. The average molecular weight is 363 g/mol. The van der Waals surface area contributed by atoms with Crippen molar-refractivity contribution in [1.29, 1.82) is 0 Å². The second-order valence-corrected chi connectivity index (χ2v) is 7.21. The maximum Gasteiger partial charge on any atom is 0.226 e. The topological polar surface area (TPSA) is 52.7 Å². The Hall–Kier alpha value is -2.79. The summed E-state index contributed by atoms with van der Waals surface area (Å²) in [5.41, 5.74) is 5.35. The van der Waals surface area contributed by atoms with Crippen LogP contribution in [-0.4, -0.2) is 41.2 Å². The molecule has 1 N–H and O–H groups in total. The Bertz CT molecular complexity index is 927. The van der Waals surface area contributed by atoms with E-state index in [1.54, 1.807) is 12.3 Å². The summed E-state index contributed by atoms with van der Waals surface area (Å²) in [4.78, 5) is 9.30. The molecule has 0 unspecified atom stereocenters. The lowest BCUT2D eigenvalue weighted by Crippen LogP contribution is -2.46. The van der Waals surface area contributed by atoms with E-state index in [1.807, 2.05) is 18.2 Å². The van der Waals surface area contributed by atoms with Crippen molar-refractivity contribution in [2.24, 2.45) is 0 Å². The number of oxazole rings is 1. The molecule has 0 spiro atoms. The lowest BCUT2D eigenvalue weighted by molar-refractivity contribution is 0.246. The molecule has 0 atom stereocenters. The van der Waals surface area contributed by atoms with E-state index in [9.17, 15) is 5.11 Å². The summed E-state index contributed by atoms with van der Waals surface area (Å²) >= 11 is 0. The number of anilines is 1. The summed E-state index contributed by atoms with van der Waals surface area (Å²) in [6.07, 6.45) is 1.77. The van der Waals surface area contributed by atoms with Gasteiger partial charge in [-0.15, -0.1) is 0 Å². The van der Waals surface area contributed by atoms with Crippen molar-refractivity contribution in [3.8, 4) is 17.2 Å². The van der Waals surface area contributed by atoms with E-state index < -0.39 is 0 Å². The Morgan fingerprint density at radius 3 is 2.56 bits per heavy atom. The number of phenols is 1. The third kappa shape index (κ3) is 3.83. The van der Waals surface area contributed by atoms with Crippen LogP contribution >= 0.6 is 0 Å². The first kappa shape index (κ1) is 17.6. The number of aromatic hydroxyl groups is 1. The molecule has 1 aliphatic heterocycles. The van der Waals surface area contributed by atoms with Crippen molar-refractivity contribution in [2.45, 2.75) is 20.4 Å². The maximum absolute atomic E-state index is 10.0. The van der Waals surface area contributed by atoms with Crippen molar-refractivity contribution in [1.82, 2.24) is 9.88 Å². The molecule has 2 aromatic carbocycles. The third-order valence-electron chi connectivity index (χ3n) is 5.14.